The zero-order chi connectivity index (χ0) is 24.5. The van der Waals surface area contributed by atoms with Crippen molar-refractivity contribution in [1.82, 2.24) is 0 Å². The molecule has 2 N–H and O–H groups in total. The van der Waals surface area contributed by atoms with Crippen LogP contribution in [-0.4, -0.2) is 44.2 Å². The first-order valence-corrected chi connectivity index (χ1v) is 12.0. The molecule has 1 heterocycles. The molecule has 0 saturated carbocycles. The van der Waals surface area contributed by atoms with Crippen molar-refractivity contribution in [2.75, 3.05) is 41.8 Å². The molecule has 7 heteroatoms. The Morgan fingerprint density at radius 2 is 1.80 bits per heavy atom. The summed E-state index contributed by atoms with van der Waals surface area (Å²) in [4.78, 5) is 27.2. The van der Waals surface area contributed by atoms with Crippen molar-refractivity contribution in [3.8, 4) is 5.75 Å². The van der Waals surface area contributed by atoms with Crippen LogP contribution in [0.4, 0.5) is 17.1 Å². The van der Waals surface area contributed by atoms with Gasteiger partial charge in [0.05, 0.1) is 12.6 Å². The standard InChI is InChI=1S/C28H31N3O4/c1-2-31(24-10-4-3-5-11-24)28(33)21-8-6-9-23(18-21)30-27(32)19-29-22-13-15-25(16-14-22)35-20-26-12-7-17-34-26/h3-6,8-11,13-16,18,26,29H,2,7,12,17,19-20H2,1H3,(H,30,32). The van der Waals surface area contributed by atoms with Crippen molar-refractivity contribution in [3.05, 3.63) is 84.4 Å². The van der Waals surface area contributed by atoms with E-state index in [1.54, 1.807) is 29.2 Å². The highest BCUT2D eigenvalue weighted by molar-refractivity contribution is 6.07. The van der Waals surface area contributed by atoms with Crippen LogP contribution < -0.4 is 20.3 Å². The highest BCUT2D eigenvalue weighted by atomic mass is 16.5. The fraction of sp³-hybridized carbons (Fsp3) is 0.286. The summed E-state index contributed by atoms with van der Waals surface area (Å²) in [6.45, 7) is 3.94. The predicted molar refractivity (Wildman–Crippen MR) is 138 cm³/mol. The van der Waals surface area contributed by atoms with Crippen LogP contribution in [0.15, 0.2) is 78.9 Å². The topological polar surface area (TPSA) is 79.9 Å². The van der Waals surface area contributed by atoms with Gasteiger partial charge in [0.25, 0.3) is 5.91 Å². The predicted octanol–water partition coefficient (Wildman–Crippen LogP) is 4.96. The smallest absolute Gasteiger partial charge is 0.258 e. The Morgan fingerprint density at radius 3 is 2.51 bits per heavy atom. The van der Waals surface area contributed by atoms with Crippen LogP contribution in [0.25, 0.3) is 0 Å². The van der Waals surface area contributed by atoms with Gasteiger partial charge in [0.1, 0.15) is 12.4 Å². The molecule has 182 valence electrons. The molecule has 3 aromatic carbocycles. The summed E-state index contributed by atoms with van der Waals surface area (Å²) >= 11 is 0. The van der Waals surface area contributed by atoms with E-state index in [0.29, 0.717) is 24.4 Å². The van der Waals surface area contributed by atoms with Crippen molar-refractivity contribution >= 4 is 28.9 Å². The number of para-hydroxylation sites is 1. The van der Waals surface area contributed by atoms with Crippen LogP contribution in [0.2, 0.25) is 0 Å². The number of nitrogens with zero attached hydrogens (tertiary/aromatic N) is 1. The molecule has 0 radical (unpaired) electrons. The van der Waals surface area contributed by atoms with Gasteiger partial charge in [0.2, 0.25) is 5.91 Å². The van der Waals surface area contributed by atoms with Crippen LogP contribution >= 0.6 is 0 Å². The van der Waals surface area contributed by atoms with E-state index < -0.39 is 0 Å². The fourth-order valence-corrected chi connectivity index (χ4v) is 3.96. The summed E-state index contributed by atoms with van der Waals surface area (Å²) in [5.74, 6) is 0.451. The Morgan fingerprint density at radius 1 is 1.00 bits per heavy atom. The minimum atomic E-state index is -0.205. The number of rotatable bonds is 10. The molecule has 4 rings (SSSR count). The maximum Gasteiger partial charge on any atom is 0.258 e. The van der Waals surface area contributed by atoms with Crippen molar-refractivity contribution in [2.45, 2.75) is 25.9 Å². The first-order chi connectivity index (χ1) is 17.1. The molecular weight excluding hydrogens is 442 g/mol. The number of carbonyl (C=O) groups excluding carboxylic acids is 2. The largest absolute Gasteiger partial charge is 0.491 e. The summed E-state index contributed by atoms with van der Waals surface area (Å²) in [6, 6.07) is 24.0. The fourth-order valence-electron chi connectivity index (χ4n) is 3.96. The van der Waals surface area contributed by atoms with Gasteiger partial charge in [-0.05, 0) is 74.4 Å². The summed E-state index contributed by atoms with van der Waals surface area (Å²) in [5.41, 5.74) is 2.74. The average molecular weight is 474 g/mol. The highest BCUT2D eigenvalue weighted by Gasteiger charge is 2.17. The molecule has 1 aliphatic rings. The highest BCUT2D eigenvalue weighted by Crippen LogP contribution is 2.20. The molecule has 3 aromatic rings. The molecule has 1 atom stereocenters. The third-order valence-electron chi connectivity index (χ3n) is 5.79. The van der Waals surface area contributed by atoms with E-state index in [2.05, 4.69) is 10.6 Å². The Hall–Kier alpha value is -3.84. The quantitative estimate of drug-likeness (QED) is 0.435. The van der Waals surface area contributed by atoms with Crippen molar-refractivity contribution in [1.29, 1.82) is 0 Å². The van der Waals surface area contributed by atoms with Crippen molar-refractivity contribution < 1.29 is 19.1 Å². The molecule has 0 aliphatic carbocycles. The first kappa shape index (κ1) is 24.3. The summed E-state index contributed by atoms with van der Waals surface area (Å²) in [7, 11) is 0. The lowest BCUT2D eigenvalue weighted by molar-refractivity contribution is -0.114. The van der Waals surface area contributed by atoms with Crippen LogP contribution in [-0.2, 0) is 9.53 Å². The average Bonchev–Trinajstić information content (AvgIpc) is 3.42. The number of nitrogens with one attached hydrogen (secondary N) is 2. The molecule has 2 amide bonds. The van der Waals surface area contributed by atoms with Gasteiger partial charge in [-0.3, -0.25) is 9.59 Å². The lowest BCUT2D eigenvalue weighted by Gasteiger charge is -2.21. The molecule has 1 unspecified atom stereocenters. The van der Waals surface area contributed by atoms with E-state index in [1.807, 2.05) is 61.5 Å². The van der Waals surface area contributed by atoms with Gasteiger partial charge in [0.15, 0.2) is 0 Å². The van der Waals surface area contributed by atoms with Gasteiger partial charge >= 0.3 is 0 Å². The Balaban J connectivity index is 1.28. The number of benzene rings is 3. The zero-order valence-corrected chi connectivity index (χ0v) is 19.9. The number of anilines is 3. The Labute approximate surface area is 206 Å². The Kier molecular flexibility index (Phi) is 8.35. The maximum atomic E-state index is 13.1. The normalized spacial score (nSPS) is 14.8. The van der Waals surface area contributed by atoms with Crippen LogP contribution in [0, 0.1) is 0 Å². The van der Waals surface area contributed by atoms with Crippen molar-refractivity contribution in [3.63, 3.8) is 0 Å². The van der Waals surface area contributed by atoms with E-state index in [1.165, 1.54) is 0 Å². The maximum absolute atomic E-state index is 13.1. The molecule has 0 spiro atoms. The third-order valence-corrected chi connectivity index (χ3v) is 5.79. The van der Waals surface area contributed by atoms with E-state index in [-0.39, 0.29) is 24.5 Å². The van der Waals surface area contributed by atoms with Gasteiger partial charge in [-0.25, -0.2) is 0 Å². The van der Waals surface area contributed by atoms with Gasteiger partial charge in [-0.2, -0.15) is 0 Å². The summed E-state index contributed by atoms with van der Waals surface area (Å²) in [5, 5.41) is 5.96. The second kappa shape index (κ2) is 12.0. The molecule has 0 bridgehead atoms. The van der Waals surface area contributed by atoms with E-state index in [9.17, 15) is 9.59 Å². The summed E-state index contributed by atoms with van der Waals surface area (Å²) in [6.07, 6.45) is 2.30. The molecule has 1 fully saturated rings. The number of amides is 2. The second-order valence-electron chi connectivity index (χ2n) is 8.34. The molecule has 1 saturated heterocycles. The monoisotopic (exact) mass is 473 g/mol. The number of ether oxygens (including phenoxy) is 2. The number of hydrogen-bond acceptors (Lipinski definition) is 5. The van der Waals surface area contributed by atoms with Crippen LogP contribution in [0.3, 0.4) is 0 Å². The second-order valence-corrected chi connectivity index (χ2v) is 8.34. The zero-order valence-electron chi connectivity index (χ0n) is 19.9. The van der Waals surface area contributed by atoms with E-state index in [4.69, 9.17) is 9.47 Å². The SMILES string of the molecule is CCN(C(=O)c1cccc(NC(=O)CNc2ccc(OCC3CCCO3)cc2)c1)c1ccccc1. The first-order valence-electron chi connectivity index (χ1n) is 12.0. The lowest BCUT2D eigenvalue weighted by Crippen LogP contribution is -2.30. The van der Waals surface area contributed by atoms with Gasteiger partial charge < -0.3 is 25.0 Å². The minimum absolute atomic E-state index is 0.0966. The van der Waals surface area contributed by atoms with E-state index >= 15 is 0 Å². The number of hydrogen-bond donors (Lipinski definition) is 2. The summed E-state index contributed by atoms with van der Waals surface area (Å²) < 4.78 is 11.3. The van der Waals surface area contributed by atoms with Crippen molar-refractivity contribution in [2.24, 2.45) is 0 Å². The van der Waals surface area contributed by atoms with Gasteiger partial charge in [-0.15, -0.1) is 0 Å². The molecule has 1 aliphatic heterocycles. The molecule has 7 nitrogen and oxygen atoms in total. The van der Waals surface area contributed by atoms with Gasteiger partial charge in [0, 0.05) is 35.8 Å². The number of carbonyl (C=O) groups is 2. The van der Waals surface area contributed by atoms with Gasteiger partial charge in [-0.1, -0.05) is 24.3 Å². The minimum Gasteiger partial charge on any atom is -0.491 e. The molecule has 0 aromatic heterocycles. The molecular formula is C28H31N3O4. The third kappa shape index (κ3) is 6.83. The van der Waals surface area contributed by atoms with Crippen LogP contribution in [0.5, 0.6) is 5.75 Å². The van der Waals surface area contributed by atoms with Crippen LogP contribution in [0.1, 0.15) is 30.1 Å². The lowest BCUT2D eigenvalue weighted by atomic mass is 10.1. The van der Waals surface area contributed by atoms with E-state index in [0.717, 1.165) is 36.6 Å². The molecule has 35 heavy (non-hydrogen) atoms. The Bertz CT molecular complexity index is 1110.